The lowest BCUT2D eigenvalue weighted by Crippen LogP contribution is -2.00. The maximum absolute atomic E-state index is 5.10. The van der Waals surface area contributed by atoms with Crippen molar-refractivity contribution >= 4 is 9.68 Å². The molecule has 0 aromatic carbocycles. The molecule has 0 aliphatic rings. The topological polar surface area (TPSA) is 26.0 Å². The van der Waals surface area contributed by atoms with Crippen LogP contribution < -0.4 is 5.40 Å². The molecule has 0 rings (SSSR count). The molecule has 5 heavy (non-hydrogen) atoms. The fourth-order valence-corrected chi connectivity index (χ4v) is 0.250. The van der Waals surface area contributed by atoms with Gasteiger partial charge in [-0.3, -0.25) is 0 Å². The van der Waals surface area contributed by atoms with Gasteiger partial charge in [0, 0.05) is 0 Å². The van der Waals surface area contributed by atoms with Crippen molar-refractivity contribution in [3.05, 3.63) is 12.7 Å². The number of nitrogens with two attached hydrogens (primary N) is 1. The number of hydrogen-bond donors (Lipinski definition) is 1. The molecule has 1 nitrogen and oxygen atoms in total. The molecule has 0 unspecified atom stereocenters. The summed E-state index contributed by atoms with van der Waals surface area (Å²) in [7, 11) is 0.540. The Morgan fingerprint density at radius 2 is 2.60 bits per heavy atom. The van der Waals surface area contributed by atoms with E-state index in [-0.39, 0.29) is 0 Å². The summed E-state index contributed by atoms with van der Waals surface area (Å²) in [6.45, 7) is 3.48. The minimum absolute atomic E-state index is 0.540. The third kappa shape index (κ3) is 3.92. The van der Waals surface area contributed by atoms with E-state index >= 15 is 0 Å². The Bertz CT molecular complexity index is 28.1. The zero-order valence-corrected chi connectivity index (χ0v) is 4.07. The molecule has 0 aromatic heterocycles. The molecular weight excluding hydrogens is 78.1 g/mol. The predicted molar refractivity (Wildman–Crippen MR) is 24.9 cm³/mol. The number of allylic oxidation sites excluding steroid dienone is 1. The van der Waals surface area contributed by atoms with Crippen LogP contribution in [0.25, 0.3) is 0 Å². The summed E-state index contributed by atoms with van der Waals surface area (Å²) in [6.07, 6.45) is 1.82. The van der Waals surface area contributed by atoms with Crippen molar-refractivity contribution in [3.63, 3.8) is 0 Å². The molecule has 0 saturated heterocycles. The SMILES string of the molecule is C=CC[Si]N. The summed E-state index contributed by atoms with van der Waals surface area (Å²) in [6, 6.07) is 0.958. The summed E-state index contributed by atoms with van der Waals surface area (Å²) >= 11 is 0. The highest BCUT2D eigenvalue weighted by molar-refractivity contribution is 6.31. The highest BCUT2D eigenvalue weighted by Crippen LogP contribution is 1.66. The first-order valence-electron chi connectivity index (χ1n) is 1.46. The van der Waals surface area contributed by atoms with Gasteiger partial charge in [0.25, 0.3) is 0 Å². The summed E-state index contributed by atoms with van der Waals surface area (Å²) < 4.78 is 0. The number of rotatable bonds is 2. The van der Waals surface area contributed by atoms with E-state index in [1.807, 2.05) is 6.08 Å². The molecular formula is C3H7NSi. The van der Waals surface area contributed by atoms with Crippen molar-refractivity contribution in [1.29, 1.82) is 0 Å². The molecule has 0 atom stereocenters. The van der Waals surface area contributed by atoms with Crippen LogP contribution in [0.3, 0.4) is 0 Å². The molecule has 0 bridgehead atoms. The van der Waals surface area contributed by atoms with Gasteiger partial charge in [-0.15, -0.1) is 6.58 Å². The smallest absolute Gasteiger partial charge is 0.140 e. The predicted octanol–water partition coefficient (Wildman–Crippen LogP) is 0.169. The standard InChI is InChI=1S/C3H7NSi/c1-2-3-5-4/h2H,1,3-4H2. The van der Waals surface area contributed by atoms with Gasteiger partial charge in [-0.2, -0.15) is 0 Å². The van der Waals surface area contributed by atoms with Crippen molar-refractivity contribution in [3.8, 4) is 0 Å². The Labute approximate surface area is 34.8 Å². The van der Waals surface area contributed by atoms with E-state index in [1.165, 1.54) is 0 Å². The van der Waals surface area contributed by atoms with Crippen molar-refractivity contribution in [1.82, 2.24) is 0 Å². The Kier molecular flexibility index (Phi) is 3.85. The van der Waals surface area contributed by atoms with Gasteiger partial charge in [-0.25, -0.2) is 0 Å². The first-order valence-corrected chi connectivity index (χ1v) is 2.74. The highest BCUT2D eigenvalue weighted by Gasteiger charge is 1.65. The highest BCUT2D eigenvalue weighted by atomic mass is 28.2. The normalized spacial score (nSPS) is 7.40. The minimum Gasteiger partial charge on any atom is -0.353 e. The lowest BCUT2D eigenvalue weighted by atomic mass is 10.8. The third-order valence-electron chi connectivity index (χ3n) is 0.262. The molecule has 0 aliphatic carbocycles. The van der Waals surface area contributed by atoms with Crippen LogP contribution in [0.5, 0.6) is 0 Å². The van der Waals surface area contributed by atoms with E-state index in [0.717, 1.165) is 6.04 Å². The summed E-state index contributed by atoms with van der Waals surface area (Å²) in [5.41, 5.74) is 0. The van der Waals surface area contributed by atoms with Crippen LogP contribution in [0.4, 0.5) is 0 Å². The van der Waals surface area contributed by atoms with Gasteiger partial charge in [0.2, 0.25) is 0 Å². The molecule has 2 N–H and O–H groups in total. The second-order valence-corrected chi connectivity index (χ2v) is 1.51. The van der Waals surface area contributed by atoms with Gasteiger partial charge in [0.15, 0.2) is 0 Å². The first kappa shape index (κ1) is 4.92. The lowest BCUT2D eigenvalue weighted by Gasteiger charge is -1.70. The third-order valence-corrected chi connectivity index (χ3v) is 0.787. The molecule has 0 saturated carbocycles. The van der Waals surface area contributed by atoms with E-state index in [0.29, 0.717) is 9.68 Å². The van der Waals surface area contributed by atoms with E-state index < -0.39 is 0 Å². The van der Waals surface area contributed by atoms with Crippen LogP contribution in [0.2, 0.25) is 6.04 Å². The average molecular weight is 85.2 g/mol. The summed E-state index contributed by atoms with van der Waals surface area (Å²) in [4.78, 5) is 0. The molecule has 0 heterocycles. The van der Waals surface area contributed by atoms with Crippen molar-refractivity contribution < 1.29 is 0 Å². The summed E-state index contributed by atoms with van der Waals surface area (Å²) in [5.74, 6) is 0. The minimum atomic E-state index is 0.540. The van der Waals surface area contributed by atoms with Crippen LogP contribution in [0.1, 0.15) is 0 Å². The van der Waals surface area contributed by atoms with E-state index in [2.05, 4.69) is 6.58 Å². The van der Waals surface area contributed by atoms with Gasteiger partial charge in [0.1, 0.15) is 9.68 Å². The molecule has 0 spiro atoms. The van der Waals surface area contributed by atoms with E-state index in [4.69, 9.17) is 5.40 Å². The maximum Gasteiger partial charge on any atom is 0.140 e. The lowest BCUT2D eigenvalue weighted by molar-refractivity contribution is 1.66. The zero-order valence-electron chi connectivity index (χ0n) is 3.07. The van der Waals surface area contributed by atoms with Gasteiger partial charge < -0.3 is 5.40 Å². The van der Waals surface area contributed by atoms with Gasteiger partial charge in [0.05, 0.1) is 0 Å². The van der Waals surface area contributed by atoms with Crippen LogP contribution in [-0.4, -0.2) is 9.68 Å². The van der Waals surface area contributed by atoms with Crippen LogP contribution in [0, 0.1) is 0 Å². The monoisotopic (exact) mass is 85.0 g/mol. The van der Waals surface area contributed by atoms with Crippen molar-refractivity contribution in [2.45, 2.75) is 6.04 Å². The first-order chi connectivity index (χ1) is 2.41. The van der Waals surface area contributed by atoms with Crippen LogP contribution in [-0.2, 0) is 0 Å². The second kappa shape index (κ2) is 3.92. The Hall–Kier alpha value is -0.0831. The molecule has 0 aliphatic heterocycles. The molecule has 2 radical (unpaired) electrons. The molecule has 0 fully saturated rings. The van der Waals surface area contributed by atoms with Crippen molar-refractivity contribution in [2.24, 2.45) is 5.40 Å². The van der Waals surface area contributed by atoms with E-state index in [1.54, 1.807) is 0 Å². The fraction of sp³-hybridized carbons (Fsp3) is 0.333. The quantitative estimate of drug-likeness (QED) is 0.375. The van der Waals surface area contributed by atoms with Crippen molar-refractivity contribution in [2.75, 3.05) is 0 Å². The Balaban J connectivity index is 2.40. The average Bonchev–Trinajstić information content (AvgIpc) is 1.41. The number of hydrogen-bond acceptors (Lipinski definition) is 1. The molecule has 2 heteroatoms. The fourth-order valence-electron chi connectivity index (χ4n) is 0.0833. The molecule has 0 aromatic rings. The second-order valence-electron chi connectivity index (χ2n) is 0.697. The Morgan fingerprint density at radius 1 is 2.00 bits per heavy atom. The van der Waals surface area contributed by atoms with E-state index in [9.17, 15) is 0 Å². The van der Waals surface area contributed by atoms with Crippen LogP contribution in [0.15, 0.2) is 12.7 Å². The van der Waals surface area contributed by atoms with Crippen LogP contribution >= 0.6 is 0 Å². The Morgan fingerprint density at radius 3 is 2.60 bits per heavy atom. The molecule has 28 valence electrons. The van der Waals surface area contributed by atoms with Gasteiger partial charge in [-0.1, -0.05) is 6.08 Å². The molecule has 0 amide bonds. The largest absolute Gasteiger partial charge is 0.353 e. The zero-order chi connectivity index (χ0) is 4.12. The van der Waals surface area contributed by atoms with Gasteiger partial charge in [-0.05, 0) is 6.04 Å². The summed E-state index contributed by atoms with van der Waals surface area (Å²) in [5, 5.41) is 5.10. The maximum atomic E-state index is 5.10. The van der Waals surface area contributed by atoms with Gasteiger partial charge >= 0.3 is 0 Å².